The number of nitrogens with zero attached hydrogens (tertiary/aromatic N) is 2. The van der Waals surface area contributed by atoms with E-state index < -0.39 is 6.10 Å². The molecule has 2 aromatic carbocycles. The number of hydrogen-bond donors (Lipinski definition) is 1. The number of carbonyl (C=O) groups excluding carboxylic acids is 1. The number of likely N-dealkylation sites (tertiary alicyclic amines) is 1. The molecule has 0 saturated carbocycles. The summed E-state index contributed by atoms with van der Waals surface area (Å²) in [5.74, 6) is -0.585. The van der Waals surface area contributed by atoms with E-state index >= 15 is 0 Å². The van der Waals surface area contributed by atoms with Crippen molar-refractivity contribution >= 4 is 5.91 Å². The van der Waals surface area contributed by atoms with E-state index in [1.54, 1.807) is 41.3 Å². The molecular formula is C19H17FN2O2. The van der Waals surface area contributed by atoms with Crippen LogP contribution in [0.25, 0.3) is 0 Å². The van der Waals surface area contributed by atoms with Gasteiger partial charge in [0.2, 0.25) is 0 Å². The van der Waals surface area contributed by atoms with Crippen LogP contribution in [0, 0.1) is 17.1 Å². The van der Waals surface area contributed by atoms with Crippen LogP contribution in [0.2, 0.25) is 0 Å². The Bertz CT molecular complexity index is 800. The third-order valence-corrected chi connectivity index (χ3v) is 4.23. The third-order valence-electron chi connectivity index (χ3n) is 4.23. The number of rotatable bonds is 3. The van der Waals surface area contributed by atoms with E-state index in [9.17, 15) is 14.3 Å². The number of halogens is 1. The van der Waals surface area contributed by atoms with Crippen molar-refractivity contribution in [3.05, 3.63) is 71.0 Å². The molecule has 3 rings (SSSR count). The second-order valence-corrected chi connectivity index (χ2v) is 5.95. The number of nitriles is 1. The molecule has 122 valence electrons. The summed E-state index contributed by atoms with van der Waals surface area (Å²) in [5.41, 5.74) is 1.91. The Hall–Kier alpha value is -2.71. The Morgan fingerprint density at radius 3 is 2.83 bits per heavy atom. The first-order valence-corrected chi connectivity index (χ1v) is 7.79. The van der Waals surface area contributed by atoms with Crippen molar-refractivity contribution < 1.29 is 14.3 Å². The highest BCUT2D eigenvalue weighted by molar-refractivity contribution is 5.95. The largest absolute Gasteiger partial charge is 0.391 e. The van der Waals surface area contributed by atoms with Crippen molar-refractivity contribution in [1.82, 2.24) is 4.90 Å². The molecule has 0 aliphatic carbocycles. The summed E-state index contributed by atoms with van der Waals surface area (Å²) < 4.78 is 13.5. The van der Waals surface area contributed by atoms with Crippen LogP contribution in [0.3, 0.4) is 0 Å². The summed E-state index contributed by atoms with van der Waals surface area (Å²) in [6, 6.07) is 14.7. The zero-order chi connectivity index (χ0) is 17.1. The number of benzene rings is 2. The molecule has 1 aliphatic rings. The summed E-state index contributed by atoms with van der Waals surface area (Å²) in [5, 5.41) is 18.8. The van der Waals surface area contributed by atoms with Crippen LogP contribution in [-0.2, 0) is 6.42 Å². The van der Waals surface area contributed by atoms with E-state index in [1.165, 1.54) is 12.1 Å². The Kier molecular flexibility index (Phi) is 4.59. The maximum atomic E-state index is 13.5. The average Bonchev–Trinajstić information content (AvgIpc) is 2.97. The summed E-state index contributed by atoms with van der Waals surface area (Å²) in [6.07, 6.45) is -0.0195. The summed E-state index contributed by atoms with van der Waals surface area (Å²) >= 11 is 0. The van der Waals surface area contributed by atoms with Gasteiger partial charge in [-0.15, -0.1) is 0 Å². The Morgan fingerprint density at radius 1 is 1.29 bits per heavy atom. The fraction of sp³-hybridized carbons (Fsp3) is 0.263. The van der Waals surface area contributed by atoms with E-state index in [-0.39, 0.29) is 30.7 Å². The van der Waals surface area contributed by atoms with E-state index in [4.69, 9.17) is 5.26 Å². The monoisotopic (exact) mass is 324 g/mol. The van der Waals surface area contributed by atoms with Crippen molar-refractivity contribution in [1.29, 1.82) is 5.26 Å². The van der Waals surface area contributed by atoms with E-state index in [2.05, 4.69) is 6.07 Å². The minimum absolute atomic E-state index is 0.211. The van der Waals surface area contributed by atoms with Crippen molar-refractivity contribution in [3.8, 4) is 6.07 Å². The molecule has 1 saturated heterocycles. The number of amides is 1. The molecule has 24 heavy (non-hydrogen) atoms. The molecule has 0 bridgehead atoms. The van der Waals surface area contributed by atoms with Crippen LogP contribution < -0.4 is 0 Å². The van der Waals surface area contributed by atoms with Gasteiger partial charge in [0.25, 0.3) is 5.91 Å². The summed E-state index contributed by atoms with van der Waals surface area (Å²) in [4.78, 5) is 14.4. The number of β-amino-alcohol motifs (C(OH)–C–C–N with tert-alkyl or cyclic N) is 1. The molecule has 1 amide bonds. The highest BCUT2D eigenvalue weighted by atomic mass is 19.1. The lowest BCUT2D eigenvalue weighted by Gasteiger charge is -2.25. The lowest BCUT2D eigenvalue weighted by molar-refractivity contribution is 0.0715. The second kappa shape index (κ2) is 6.81. The minimum atomic E-state index is -0.635. The molecule has 1 fully saturated rings. The van der Waals surface area contributed by atoms with Crippen LogP contribution in [0.15, 0.2) is 48.5 Å². The Balaban J connectivity index is 1.90. The maximum absolute atomic E-state index is 13.5. The topological polar surface area (TPSA) is 64.3 Å². The first-order chi connectivity index (χ1) is 11.6. The molecule has 0 radical (unpaired) electrons. The van der Waals surface area contributed by atoms with Crippen LogP contribution >= 0.6 is 0 Å². The standard InChI is InChI=1S/C19H17FN2O2/c20-16-6-2-4-14(10-16)18-11-17(23)12-22(18)19(24)15-5-1-3-13(9-15)7-8-21/h1-6,9-10,17-18,23H,7,11-12H2/t17-,18-/m0/s1. The van der Waals surface area contributed by atoms with Crippen LogP contribution in [-0.4, -0.2) is 28.6 Å². The summed E-state index contributed by atoms with van der Waals surface area (Å²) in [7, 11) is 0. The SMILES string of the molecule is N#CCc1cccc(C(=O)N2C[C@@H](O)C[C@H]2c2cccc(F)c2)c1. The van der Waals surface area contributed by atoms with Gasteiger partial charge in [-0.2, -0.15) is 5.26 Å². The minimum Gasteiger partial charge on any atom is -0.391 e. The molecule has 1 heterocycles. The average molecular weight is 324 g/mol. The maximum Gasteiger partial charge on any atom is 0.254 e. The number of carbonyl (C=O) groups is 1. The van der Waals surface area contributed by atoms with Gasteiger partial charge < -0.3 is 10.0 Å². The van der Waals surface area contributed by atoms with Gasteiger partial charge in [0.1, 0.15) is 5.82 Å². The number of aliphatic hydroxyl groups excluding tert-OH is 1. The van der Waals surface area contributed by atoms with Gasteiger partial charge in [0.15, 0.2) is 0 Å². The molecule has 0 spiro atoms. The molecule has 4 nitrogen and oxygen atoms in total. The van der Waals surface area contributed by atoms with E-state index in [1.807, 2.05) is 0 Å². The van der Waals surface area contributed by atoms with E-state index in [0.717, 1.165) is 5.56 Å². The zero-order valence-corrected chi connectivity index (χ0v) is 13.0. The van der Waals surface area contributed by atoms with Gasteiger partial charge in [-0.05, 0) is 41.8 Å². The first kappa shape index (κ1) is 16.2. The molecular weight excluding hydrogens is 307 g/mol. The molecule has 1 N–H and O–H groups in total. The normalized spacial score (nSPS) is 20.0. The van der Waals surface area contributed by atoms with Crippen LogP contribution in [0.4, 0.5) is 4.39 Å². The Morgan fingerprint density at radius 2 is 2.08 bits per heavy atom. The fourth-order valence-electron chi connectivity index (χ4n) is 3.14. The highest BCUT2D eigenvalue weighted by Gasteiger charge is 2.35. The van der Waals surface area contributed by atoms with Crippen LogP contribution in [0.1, 0.15) is 33.9 Å². The molecule has 0 unspecified atom stereocenters. The van der Waals surface area contributed by atoms with Gasteiger partial charge in [-0.1, -0.05) is 24.3 Å². The van der Waals surface area contributed by atoms with Crippen molar-refractivity contribution in [3.63, 3.8) is 0 Å². The van der Waals surface area contributed by atoms with Crippen LogP contribution in [0.5, 0.6) is 0 Å². The van der Waals surface area contributed by atoms with Gasteiger partial charge in [0, 0.05) is 12.1 Å². The predicted molar refractivity (Wildman–Crippen MR) is 86.6 cm³/mol. The second-order valence-electron chi connectivity index (χ2n) is 5.95. The number of hydrogen-bond acceptors (Lipinski definition) is 3. The number of aliphatic hydroxyl groups is 1. The molecule has 2 atom stereocenters. The van der Waals surface area contributed by atoms with Gasteiger partial charge in [0.05, 0.1) is 24.6 Å². The van der Waals surface area contributed by atoms with E-state index in [0.29, 0.717) is 17.5 Å². The van der Waals surface area contributed by atoms with Gasteiger partial charge >= 0.3 is 0 Å². The van der Waals surface area contributed by atoms with Crippen molar-refractivity contribution in [2.45, 2.75) is 25.0 Å². The predicted octanol–water partition coefficient (Wildman–Crippen LogP) is 2.84. The summed E-state index contributed by atoms with van der Waals surface area (Å²) in [6.45, 7) is 0.211. The lowest BCUT2D eigenvalue weighted by Crippen LogP contribution is -2.31. The molecule has 5 heteroatoms. The van der Waals surface area contributed by atoms with Gasteiger partial charge in [-0.3, -0.25) is 4.79 Å². The zero-order valence-electron chi connectivity index (χ0n) is 13.0. The van der Waals surface area contributed by atoms with Gasteiger partial charge in [-0.25, -0.2) is 4.39 Å². The van der Waals surface area contributed by atoms with Crippen molar-refractivity contribution in [2.24, 2.45) is 0 Å². The smallest absolute Gasteiger partial charge is 0.254 e. The lowest BCUT2D eigenvalue weighted by atomic mass is 10.0. The molecule has 0 aromatic heterocycles. The molecule has 1 aliphatic heterocycles. The molecule has 2 aromatic rings. The third kappa shape index (κ3) is 3.29. The van der Waals surface area contributed by atoms with Crippen molar-refractivity contribution in [2.75, 3.05) is 6.54 Å². The highest BCUT2D eigenvalue weighted by Crippen LogP contribution is 2.33. The fourth-order valence-corrected chi connectivity index (χ4v) is 3.14. The first-order valence-electron chi connectivity index (χ1n) is 7.79. The Labute approximate surface area is 139 Å². The quantitative estimate of drug-likeness (QED) is 0.944.